The third-order valence-corrected chi connectivity index (χ3v) is 3.71. The van der Waals surface area contributed by atoms with Gasteiger partial charge in [-0.15, -0.1) is 0 Å². The molecule has 2 rings (SSSR count). The lowest BCUT2D eigenvalue weighted by atomic mass is 10.1. The van der Waals surface area contributed by atoms with Crippen molar-refractivity contribution in [2.24, 2.45) is 0 Å². The molecule has 0 atom stereocenters. The number of hydrogen-bond acceptors (Lipinski definition) is 3. The molecule has 1 aromatic carbocycles. The standard InChI is InChI=1S/C17H23FN4O/c1-13-16(20-12-19-13)11-22(9-8-21(2)3)17(23)10-14-4-6-15(18)7-5-14/h4-7,12H,8-11H2,1-3H3,(H,19,20). The summed E-state index contributed by atoms with van der Waals surface area (Å²) in [6.07, 6.45) is 1.90. The quantitative estimate of drug-likeness (QED) is 0.849. The molecule has 1 amide bonds. The van der Waals surface area contributed by atoms with E-state index in [2.05, 4.69) is 9.97 Å². The molecule has 0 radical (unpaired) electrons. The SMILES string of the molecule is Cc1[nH]cnc1CN(CCN(C)C)C(=O)Cc1ccc(F)cc1. The summed E-state index contributed by atoms with van der Waals surface area (Å²) in [4.78, 5) is 23.8. The summed E-state index contributed by atoms with van der Waals surface area (Å²) in [6, 6.07) is 6.06. The zero-order valence-corrected chi connectivity index (χ0v) is 13.8. The predicted octanol–water partition coefficient (Wildman–Crippen LogP) is 1.99. The van der Waals surface area contributed by atoms with Crippen molar-refractivity contribution in [3.63, 3.8) is 0 Å². The summed E-state index contributed by atoms with van der Waals surface area (Å²) in [7, 11) is 3.95. The van der Waals surface area contributed by atoms with Gasteiger partial charge < -0.3 is 14.8 Å². The zero-order valence-electron chi connectivity index (χ0n) is 13.8. The number of rotatable bonds is 7. The van der Waals surface area contributed by atoms with E-state index in [1.54, 1.807) is 23.4 Å². The van der Waals surface area contributed by atoms with Crippen LogP contribution in [-0.4, -0.2) is 52.9 Å². The molecule has 1 aromatic heterocycles. The van der Waals surface area contributed by atoms with Gasteiger partial charge in [-0.2, -0.15) is 0 Å². The Hall–Kier alpha value is -2.21. The number of nitrogens with zero attached hydrogens (tertiary/aromatic N) is 3. The fraction of sp³-hybridized carbons (Fsp3) is 0.412. The summed E-state index contributed by atoms with van der Waals surface area (Å²) in [5.74, 6) is -0.279. The van der Waals surface area contributed by atoms with Crippen molar-refractivity contribution in [3.8, 4) is 0 Å². The Morgan fingerprint density at radius 1 is 1.22 bits per heavy atom. The molecule has 6 heteroatoms. The van der Waals surface area contributed by atoms with Crippen LogP contribution < -0.4 is 0 Å². The Bertz CT molecular complexity index is 636. The van der Waals surface area contributed by atoms with Crippen LogP contribution in [0.4, 0.5) is 4.39 Å². The smallest absolute Gasteiger partial charge is 0.227 e. The van der Waals surface area contributed by atoms with Crippen molar-refractivity contribution in [2.45, 2.75) is 19.9 Å². The molecule has 2 aromatic rings. The topological polar surface area (TPSA) is 52.2 Å². The highest BCUT2D eigenvalue weighted by Crippen LogP contribution is 2.10. The van der Waals surface area contributed by atoms with Gasteiger partial charge in [0.05, 0.1) is 25.0 Å². The molecule has 0 saturated heterocycles. The van der Waals surface area contributed by atoms with Crippen LogP contribution in [0.5, 0.6) is 0 Å². The van der Waals surface area contributed by atoms with Crippen molar-refractivity contribution in [1.29, 1.82) is 0 Å². The van der Waals surface area contributed by atoms with E-state index in [-0.39, 0.29) is 18.1 Å². The number of nitrogens with one attached hydrogen (secondary N) is 1. The number of aryl methyl sites for hydroxylation is 1. The first-order valence-corrected chi connectivity index (χ1v) is 7.61. The average molecular weight is 318 g/mol. The Balaban J connectivity index is 2.06. The summed E-state index contributed by atoms with van der Waals surface area (Å²) in [6.45, 7) is 3.82. The van der Waals surface area contributed by atoms with Gasteiger partial charge >= 0.3 is 0 Å². The molecular weight excluding hydrogens is 295 g/mol. The Morgan fingerprint density at radius 2 is 1.91 bits per heavy atom. The van der Waals surface area contributed by atoms with E-state index < -0.39 is 0 Å². The van der Waals surface area contributed by atoms with Crippen LogP contribution in [0.3, 0.4) is 0 Å². The number of amides is 1. The summed E-state index contributed by atoms with van der Waals surface area (Å²) < 4.78 is 13.0. The fourth-order valence-corrected chi connectivity index (χ4v) is 2.23. The monoisotopic (exact) mass is 318 g/mol. The summed E-state index contributed by atoms with van der Waals surface area (Å²) in [5, 5.41) is 0. The first-order chi connectivity index (χ1) is 11.0. The van der Waals surface area contributed by atoms with E-state index in [4.69, 9.17) is 0 Å². The van der Waals surface area contributed by atoms with Crippen LogP contribution in [0.25, 0.3) is 0 Å². The highest BCUT2D eigenvalue weighted by Gasteiger charge is 2.17. The maximum absolute atomic E-state index is 13.0. The molecule has 0 spiro atoms. The molecule has 0 aliphatic carbocycles. The molecule has 5 nitrogen and oxygen atoms in total. The van der Waals surface area contributed by atoms with Gasteiger partial charge in [0.2, 0.25) is 5.91 Å². The fourth-order valence-electron chi connectivity index (χ4n) is 2.23. The van der Waals surface area contributed by atoms with Crippen molar-refractivity contribution < 1.29 is 9.18 Å². The minimum atomic E-state index is -0.294. The van der Waals surface area contributed by atoms with Gasteiger partial charge in [-0.1, -0.05) is 12.1 Å². The molecule has 23 heavy (non-hydrogen) atoms. The lowest BCUT2D eigenvalue weighted by Gasteiger charge is -2.24. The zero-order chi connectivity index (χ0) is 16.8. The van der Waals surface area contributed by atoms with Crippen LogP contribution in [0.2, 0.25) is 0 Å². The number of aromatic amines is 1. The first-order valence-electron chi connectivity index (χ1n) is 7.61. The summed E-state index contributed by atoms with van der Waals surface area (Å²) >= 11 is 0. The third kappa shape index (κ3) is 5.17. The molecule has 1 N–H and O–H groups in total. The molecular formula is C17H23FN4O. The van der Waals surface area contributed by atoms with E-state index >= 15 is 0 Å². The van der Waals surface area contributed by atoms with Gasteiger partial charge in [0.25, 0.3) is 0 Å². The van der Waals surface area contributed by atoms with Gasteiger partial charge in [-0.3, -0.25) is 4.79 Å². The molecule has 1 heterocycles. The van der Waals surface area contributed by atoms with E-state index in [9.17, 15) is 9.18 Å². The van der Waals surface area contributed by atoms with Gasteiger partial charge in [-0.05, 0) is 38.7 Å². The lowest BCUT2D eigenvalue weighted by Crippen LogP contribution is -2.37. The second-order valence-electron chi connectivity index (χ2n) is 5.90. The number of benzene rings is 1. The van der Waals surface area contributed by atoms with Crippen molar-refractivity contribution >= 4 is 5.91 Å². The molecule has 0 unspecified atom stereocenters. The molecule has 0 bridgehead atoms. The second kappa shape index (κ2) is 7.87. The first kappa shape index (κ1) is 17.1. The third-order valence-electron chi connectivity index (χ3n) is 3.71. The molecule has 0 aliphatic heterocycles. The number of carbonyl (C=O) groups is 1. The number of aromatic nitrogens is 2. The van der Waals surface area contributed by atoms with E-state index in [0.29, 0.717) is 13.1 Å². The molecule has 124 valence electrons. The van der Waals surface area contributed by atoms with Gasteiger partial charge in [0.1, 0.15) is 5.82 Å². The number of hydrogen-bond donors (Lipinski definition) is 1. The van der Waals surface area contributed by atoms with Crippen LogP contribution in [0.1, 0.15) is 17.0 Å². The molecule has 0 fully saturated rings. The van der Waals surface area contributed by atoms with Crippen molar-refractivity contribution in [1.82, 2.24) is 19.8 Å². The highest BCUT2D eigenvalue weighted by atomic mass is 19.1. The predicted molar refractivity (Wildman–Crippen MR) is 87.4 cm³/mol. The van der Waals surface area contributed by atoms with Crippen LogP contribution >= 0.6 is 0 Å². The Morgan fingerprint density at radius 3 is 2.48 bits per heavy atom. The van der Waals surface area contributed by atoms with Crippen molar-refractivity contribution in [2.75, 3.05) is 27.2 Å². The minimum absolute atomic E-state index is 0.0147. The number of carbonyl (C=O) groups excluding carboxylic acids is 1. The van der Waals surface area contributed by atoms with Gasteiger partial charge in [0, 0.05) is 18.8 Å². The maximum atomic E-state index is 13.0. The number of halogens is 1. The number of imidazole rings is 1. The second-order valence-corrected chi connectivity index (χ2v) is 5.90. The van der Waals surface area contributed by atoms with Gasteiger partial charge in [-0.25, -0.2) is 9.37 Å². The lowest BCUT2D eigenvalue weighted by molar-refractivity contribution is -0.131. The van der Waals surface area contributed by atoms with E-state index in [0.717, 1.165) is 23.5 Å². The average Bonchev–Trinajstić information content (AvgIpc) is 2.90. The van der Waals surface area contributed by atoms with E-state index in [1.165, 1.54) is 12.1 Å². The number of H-pyrrole nitrogens is 1. The van der Waals surface area contributed by atoms with Crippen molar-refractivity contribution in [3.05, 3.63) is 53.4 Å². The summed E-state index contributed by atoms with van der Waals surface area (Å²) in [5.41, 5.74) is 2.65. The van der Waals surface area contributed by atoms with E-state index in [1.807, 2.05) is 25.9 Å². The minimum Gasteiger partial charge on any atom is -0.348 e. The molecule has 0 aliphatic rings. The van der Waals surface area contributed by atoms with Gasteiger partial charge in [0.15, 0.2) is 0 Å². The number of likely N-dealkylation sites (N-methyl/N-ethyl adjacent to an activating group) is 1. The largest absolute Gasteiger partial charge is 0.348 e. The van der Waals surface area contributed by atoms with Crippen LogP contribution in [0, 0.1) is 12.7 Å². The normalized spacial score (nSPS) is 11.0. The maximum Gasteiger partial charge on any atom is 0.227 e. The Kier molecular flexibility index (Phi) is 5.87. The van der Waals surface area contributed by atoms with Crippen LogP contribution in [-0.2, 0) is 17.8 Å². The molecule has 0 saturated carbocycles. The van der Waals surface area contributed by atoms with Crippen LogP contribution in [0.15, 0.2) is 30.6 Å². The Labute approximate surface area is 136 Å². The highest BCUT2D eigenvalue weighted by molar-refractivity contribution is 5.78.